The molecule has 2 unspecified atom stereocenters. The summed E-state index contributed by atoms with van der Waals surface area (Å²) in [6.45, 7) is 7.73. The van der Waals surface area contributed by atoms with Crippen LogP contribution in [-0.2, 0) is 9.59 Å². The zero-order chi connectivity index (χ0) is 16.8. The fourth-order valence-corrected chi connectivity index (χ4v) is 2.27. The maximum Gasteiger partial charge on any atom is 0.303 e. The van der Waals surface area contributed by atoms with Crippen molar-refractivity contribution in [2.24, 2.45) is 11.8 Å². The van der Waals surface area contributed by atoms with Crippen molar-refractivity contribution in [1.29, 1.82) is 0 Å². The summed E-state index contributed by atoms with van der Waals surface area (Å²) in [7, 11) is 0. The molecule has 22 heavy (non-hydrogen) atoms. The van der Waals surface area contributed by atoms with Crippen LogP contribution in [0.2, 0.25) is 0 Å². The standard InChI is InChI=1S/2C6H11NO2.C4H8/c2*8-6(9)3-5-1-2-7-4-5;1-3-4-2/h2*5,7H,1-4H2,(H,8,9);3-4H,1-2H3/b;;4-3+. The zero-order valence-corrected chi connectivity index (χ0v) is 13.7. The van der Waals surface area contributed by atoms with Gasteiger partial charge in [0.25, 0.3) is 0 Å². The number of carboxylic acid groups (broad SMARTS) is 2. The van der Waals surface area contributed by atoms with Gasteiger partial charge in [-0.2, -0.15) is 0 Å². The van der Waals surface area contributed by atoms with Gasteiger partial charge in [-0.15, -0.1) is 0 Å². The summed E-state index contributed by atoms with van der Waals surface area (Å²) >= 11 is 0. The minimum Gasteiger partial charge on any atom is -0.481 e. The molecule has 2 fully saturated rings. The molecule has 2 aliphatic heterocycles. The molecular formula is C16H30N2O4. The molecule has 2 heterocycles. The van der Waals surface area contributed by atoms with Gasteiger partial charge in [-0.1, -0.05) is 12.2 Å². The zero-order valence-electron chi connectivity index (χ0n) is 13.7. The molecule has 0 aromatic carbocycles. The van der Waals surface area contributed by atoms with Gasteiger partial charge >= 0.3 is 11.9 Å². The third-order valence-corrected chi connectivity index (χ3v) is 3.58. The van der Waals surface area contributed by atoms with Crippen LogP contribution >= 0.6 is 0 Å². The van der Waals surface area contributed by atoms with Crippen LogP contribution in [0.25, 0.3) is 0 Å². The van der Waals surface area contributed by atoms with E-state index in [0.717, 1.165) is 39.0 Å². The average molecular weight is 314 g/mol. The van der Waals surface area contributed by atoms with E-state index in [1.165, 1.54) is 0 Å². The number of hydrogen-bond donors (Lipinski definition) is 4. The van der Waals surface area contributed by atoms with E-state index in [0.29, 0.717) is 24.7 Å². The molecule has 0 aromatic heterocycles. The first-order valence-corrected chi connectivity index (χ1v) is 7.91. The van der Waals surface area contributed by atoms with Crippen LogP contribution in [0, 0.1) is 11.8 Å². The van der Waals surface area contributed by atoms with E-state index in [-0.39, 0.29) is 0 Å². The van der Waals surface area contributed by atoms with E-state index in [4.69, 9.17) is 10.2 Å². The maximum atomic E-state index is 10.1. The van der Waals surface area contributed by atoms with Crippen LogP contribution in [0.15, 0.2) is 12.2 Å². The fraction of sp³-hybridized carbons (Fsp3) is 0.750. The van der Waals surface area contributed by atoms with Gasteiger partial charge in [-0.25, -0.2) is 0 Å². The van der Waals surface area contributed by atoms with Crippen LogP contribution in [0.1, 0.15) is 39.5 Å². The Hall–Kier alpha value is -1.40. The lowest BCUT2D eigenvalue weighted by atomic mass is 10.1. The van der Waals surface area contributed by atoms with Gasteiger partial charge in [-0.05, 0) is 64.7 Å². The number of carbonyl (C=O) groups is 2. The van der Waals surface area contributed by atoms with Crippen LogP contribution in [-0.4, -0.2) is 48.3 Å². The highest BCUT2D eigenvalue weighted by Gasteiger charge is 2.17. The van der Waals surface area contributed by atoms with Gasteiger partial charge in [-0.3, -0.25) is 9.59 Å². The number of rotatable bonds is 4. The summed E-state index contributed by atoms with van der Waals surface area (Å²) in [6.07, 6.45) is 6.69. The van der Waals surface area contributed by atoms with E-state index in [9.17, 15) is 9.59 Å². The first-order valence-electron chi connectivity index (χ1n) is 7.91. The van der Waals surface area contributed by atoms with E-state index in [2.05, 4.69) is 10.6 Å². The SMILES string of the molecule is C/C=C/C.O=C(O)CC1CCNC1.O=C(O)CC1CCNC1. The summed E-state index contributed by atoms with van der Waals surface area (Å²) in [4.78, 5) is 20.3. The third-order valence-electron chi connectivity index (χ3n) is 3.58. The Morgan fingerprint density at radius 3 is 1.45 bits per heavy atom. The Morgan fingerprint density at radius 2 is 1.27 bits per heavy atom. The summed E-state index contributed by atoms with van der Waals surface area (Å²) in [5, 5.41) is 22.9. The molecule has 0 spiro atoms. The highest BCUT2D eigenvalue weighted by Crippen LogP contribution is 2.11. The predicted octanol–water partition coefficient (Wildman–Crippen LogP) is 1.72. The van der Waals surface area contributed by atoms with Gasteiger partial charge in [0, 0.05) is 12.8 Å². The summed E-state index contributed by atoms with van der Waals surface area (Å²) in [5.41, 5.74) is 0. The lowest BCUT2D eigenvalue weighted by Crippen LogP contribution is -2.11. The number of aliphatic carboxylic acids is 2. The number of allylic oxidation sites excluding steroid dienone is 2. The highest BCUT2D eigenvalue weighted by atomic mass is 16.4. The molecule has 6 nitrogen and oxygen atoms in total. The van der Waals surface area contributed by atoms with Crippen molar-refractivity contribution in [3.05, 3.63) is 12.2 Å². The largest absolute Gasteiger partial charge is 0.481 e. The van der Waals surface area contributed by atoms with E-state index >= 15 is 0 Å². The number of carboxylic acids is 2. The Morgan fingerprint density at radius 1 is 0.909 bits per heavy atom. The van der Waals surface area contributed by atoms with Crippen molar-refractivity contribution in [2.75, 3.05) is 26.2 Å². The molecule has 0 aliphatic carbocycles. The molecule has 2 aliphatic rings. The van der Waals surface area contributed by atoms with Gasteiger partial charge in [0.2, 0.25) is 0 Å². The lowest BCUT2D eigenvalue weighted by Gasteiger charge is -2.00. The number of nitrogens with one attached hydrogen (secondary N) is 2. The van der Waals surface area contributed by atoms with E-state index in [1.807, 2.05) is 26.0 Å². The minimum absolute atomic E-state index is 0.326. The molecular weight excluding hydrogens is 284 g/mol. The molecule has 0 aromatic rings. The van der Waals surface area contributed by atoms with Crippen LogP contribution < -0.4 is 10.6 Å². The van der Waals surface area contributed by atoms with Crippen molar-refractivity contribution in [3.63, 3.8) is 0 Å². The monoisotopic (exact) mass is 314 g/mol. The lowest BCUT2D eigenvalue weighted by molar-refractivity contribution is -0.139. The molecule has 2 rings (SSSR count). The summed E-state index contributed by atoms with van der Waals surface area (Å²) in [5.74, 6) is -0.600. The average Bonchev–Trinajstić information content (AvgIpc) is 3.12. The molecule has 128 valence electrons. The van der Waals surface area contributed by atoms with Crippen molar-refractivity contribution in [3.8, 4) is 0 Å². The Bertz CT molecular complexity index is 301. The summed E-state index contributed by atoms with van der Waals surface area (Å²) in [6, 6.07) is 0. The quantitative estimate of drug-likeness (QED) is 0.590. The fourth-order valence-electron chi connectivity index (χ4n) is 2.27. The Kier molecular flexibility index (Phi) is 12.4. The molecule has 6 heteroatoms. The molecule has 2 saturated heterocycles. The normalized spacial score (nSPS) is 23.4. The van der Waals surface area contributed by atoms with Gasteiger partial charge < -0.3 is 20.8 Å². The first kappa shape index (κ1) is 20.6. The number of hydrogen-bond acceptors (Lipinski definition) is 4. The Labute approximate surface area is 133 Å². The highest BCUT2D eigenvalue weighted by molar-refractivity contribution is 5.67. The van der Waals surface area contributed by atoms with Gasteiger partial charge in [0.05, 0.1) is 0 Å². The predicted molar refractivity (Wildman–Crippen MR) is 86.9 cm³/mol. The second kappa shape index (κ2) is 13.3. The molecule has 0 amide bonds. The maximum absolute atomic E-state index is 10.1. The van der Waals surface area contributed by atoms with Crippen molar-refractivity contribution >= 4 is 11.9 Å². The topological polar surface area (TPSA) is 98.7 Å². The van der Waals surface area contributed by atoms with Gasteiger partial charge in [0.15, 0.2) is 0 Å². The molecule has 4 N–H and O–H groups in total. The van der Waals surface area contributed by atoms with E-state index in [1.54, 1.807) is 0 Å². The molecule has 0 saturated carbocycles. The Balaban J connectivity index is 0.000000326. The molecule has 2 atom stereocenters. The summed E-state index contributed by atoms with van der Waals surface area (Å²) < 4.78 is 0. The first-order chi connectivity index (χ1) is 10.5. The molecule has 0 bridgehead atoms. The second-order valence-electron chi connectivity index (χ2n) is 5.58. The minimum atomic E-state index is -0.677. The van der Waals surface area contributed by atoms with Crippen molar-refractivity contribution in [2.45, 2.75) is 39.5 Å². The van der Waals surface area contributed by atoms with Crippen molar-refractivity contribution in [1.82, 2.24) is 10.6 Å². The van der Waals surface area contributed by atoms with Gasteiger partial charge in [0.1, 0.15) is 0 Å². The smallest absolute Gasteiger partial charge is 0.303 e. The van der Waals surface area contributed by atoms with Crippen LogP contribution in [0.4, 0.5) is 0 Å². The second-order valence-corrected chi connectivity index (χ2v) is 5.58. The van der Waals surface area contributed by atoms with Crippen LogP contribution in [0.3, 0.4) is 0 Å². The van der Waals surface area contributed by atoms with E-state index < -0.39 is 11.9 Å². The third kappa shape index (κ3) is 12.3. The molecule has 0 radical (unpaired) electrons. The van der Waals surface area contributed by atoms with Crippen LogP contribution in [0.5, 0.6) is 0 Å². The van der Waals surface area contributed by atoms with Crippen molar-refractivity contribution < 1.29 is 19.8 Å².